The minimum atomic E-state index is 0.205. The molecule has 0 heterocycles. The van der Waals surface area contributed by atoms with Crippen molar-refractivity contribution in [3.05, 3.63) is 0 Å². The van der Waals surface area contributed by atoms with Crippen molar-refractivity contribution in [2.45, 2.75) is 60.8 Å². The van der Waals surface area contributed by atoms with Crippen LogP contribution in [0.15, 0.2) is 0 Å². The smallest absolute Gasteiger partial charge is 0.219 e. The Hall–Kier alpha value is -0.530. The van der Waals surface area contributed by atoms with Crippen LogP contribution in [0.2, 0.25) is 0 Å². The molecule has 3 atom stereocenters. The summed E-state index contributed by atoms with van der Waals surface area (Å²) < 4.78 is 0. The Morgan fingerprint density at radius 1 is 1.12 bits per heavy atom. The van der Waals surface area contributed by atoms with Crippen molar-refractivity contribution in [1.82, 2.24) is 4.90 Å². The van der Waals surface area contributed by atoms with E-state index >= 15 is 0 Å². The van der Waals surface area contributed by atoms with Gasteiger partial charge in [0, 0.05) is 20.0 Å². The molecule has 0 spiro atoms. The standard InChI is InChI=1S/C15H31NO/c1-7-13(5)15(8-2)10-12(4)11-16(9-3)14(6)17/h12-13,15H,7-11H2,1-6H3. The second-order valence-electron chi connectivity index (χ2n) is 5.45. The van der Waals surface area contributed by atoms with Crippen LogP contribution >= 0.6 is 0 Å². The summed E-state index contributed by atoms with van der Waals surface area (Å²) in [6.07, 6.45) is 3.76. The number of hydrogen-bond acceptors (Lipinski definition) is 1. The fourth-order valence-electron chi connectivity index (χ4n) is 2.58. The average Bonchev–Trinajstić information content (AvgIpc) is 2.31. The van der Waals surface area contributed by atoms with Crippen LogP contribution < -0.4 is 0 Å². The molecular weight excluding hydrogens is 210 g/mol. The number of hydrogen-bond donors (Lipinski definition) is 0. The molecular formula is C15H31NO. The molecule has 0 saturated heterocycles. The number of carbonyl (C=O) groups excluding carboxylic acids is 1. The summed E-state index contributed by atoms with van der Waals surface area (Å²) >= 11 is 0. The fourth-order valence-corrected chi connectivity index (χ4v) is 2.58. The lowest BCUT2D eigenvalue weighted by Gasteiger charge is -2.28. The van der Waals surface area contributed by atoms with Gasteiger partial charge in [0.05, 0.1) is 0 Å². The first-order valence-corrected chi connectivity index (χ1v) is 7.21. The molecule has 0 fully saturated rings. The molecule has 0 aromatic rings. The Balaban J connectivity index is 4.22. The lowest BCUT2D eigenvalue weighted by atomic mass is 9.82. The van der Waals surface area contributed by atoms with Crippen molar-refractivity contribution >= 4 is 5.91 Å². The third-order valence-electron chi connectivity index (χ3n) is 4.04. The molecule has 0 N–H and O–H groups in total. The molecule has 0 aromatic heterocycles. The number of nitrogens with zero attached hydrogens (tertiary/aromatic N) is 1. The molecule has 0 bridgehead atoms. The highest BCUT2D eigenvalue weighted by atomic mass is 16.2. The molecule has 2 nitrogen and oxygen atoms in total. The summed E-state index contributed by atoms with van der Waals surface area (Å²) in [7, 11) is 0. The maximum absolute atomic E-state index is 11.4. The molecule has 0 aliphatic heterocycles. The summed E-state index contributed by atoms with van der Waals surface area (Å²) in [6.45, 7) is 14.7. The minimum Gasteiger partial charge on any atom is -0.343 e. The van der Waals surface area contributed by atoms with Gasteiger partial charge in [0.1, 0.15) is 0 Å². The quantitative estimate of drug-likeness (QED) is 0.630. The first-order valence-electron chi connectivity index (χ1n) is 7.21. The molecule has 3 unspecified atom stereocenters. The van der Waals surface area contributed by atoms with E-state index in [0.717, 1.165) is 24.9 Å². The van der Waals surface area contributed by atoms with Crippen LogP contribution in [0.1, 0.15) is 60.8 Å². The molecule has 0 saturated carbocycles. The predicted molar refractivity (Wildman–Crippen MR) is 74.9 cm³/mol. The van der Waals surface area contributed by atoms with E-state index in [1.165, 1.54) is 19.3 Å². The zero-order chi connectivity index (χ0) is 13.4. The highest BCUT2D eigenvalue weighted by molar-refractivity contribution is 5.73. The molecule has 2 heteroatoms. The first-order chi connectivity index (χ1) is 7.96. The van der Waals surface area contributed by atoms with Gasteiger partial charge in [-0.2, -0.15) is 0 Å². The van der Waals surface area contributed by atoms with E-state index in [4.69, 9.17) is 0 Å². The molecule has 0 rings (SSSR count). The number of carbonyl (C=O) groups is 1. The molecule has 0 aliphatic rings. The van der Waals surface area contributed by atoms with Gasteiger partial charge in [-0.3, -0.25) is 4.79 Å². The SMILES string of the molecule is CCC(C)C(CC)CC(C)CN(CC)C(C)=O. The van der Waals surface area contributed by atoms with E-state index in [2.05, 4.69) is 34.6 Å². The van der Waals surface area contributed by atoms with Crippen molar-refractivity contribution in [3.63, 3.8) is 0 Å². The van der Waals surface area contributed by atoms with E-state index in [0.29, 0.717) is 5.92 Å². The van der Waals surface area contributed by atoms with E-state index in [1.807, 2.05) is 4.90 Å². The van der Waals surface area contributed by atoms with Gasteiger partial charge in [0.15, 0.2) is 0 Å². The van der Waals surface area contributed by atoms with Crippen LogP contribution in [0.3, 0.4) is 0 Å². The minimum absolute atomic E-state index is 0.205. The van der Waals surface area contributed by atoms with E-state index in [-0.39, 0.29) is 5.91 Å². The van der Waals surface area contributed by atoms with Crippen molar-refractivity contribution in [3.8, 4) is 0 Å². The Kier molecular flexibility index (Phi) is 8.28. The molecule has 1 amide bonds. The number of amides is 1. The molecule has 0 aliphatic carbocycles. The van der Waals surface area contributed by atoms with Gasteiger partial charge in [0.2, 0.25) is 5.91 Å². The van der Waals surface area contributed by atoms with Crippen molar-refractivity contribution in [1.29, 1.82) is 0 Å². The van der Waals surface area contributed by atoms with E-state index < -0.39 is 0 Å². The van der Waals surface area contributed by atoms with Gasteiger partial charge in [0.25, 0.3) is 0 Å². The monoisotopic (exact) mass is 241 g/mol. The van der Waals surface area contributed by atoms with Crippen molar-refractivity contribution in [2.75, 3.05) is 13.1 Å². The largest absolute Gasteiger partial charge is 0.343 e. The predicted octanol–water partition coefficient (Wildman–Crippen LogP) is 3.95. The first kappa shape index (κ1) is 16.5. The Bertz CT molecular complexity index is 215. The van der Waals surface area contributed by atoms with Crippen LogP contribution in [0.4, 0.5) is 0 Å². The summed E-state index contributed by atoms with van der Waals surface area (Å²) in [5, 5.41) is 0. The molecule has 0 radical (unpaired) electrons. The van der Waals surface area contributed by atoms with Gasteiger partial charge in [-0.1, -0.05) is 40.5 Å². The Labute approximate surface area is 108 Å². The lowest BCUT2D eigenvalue weighted by molar-refractivity contribution is -0.129. The third-order valence-corrected chi connectivity index (χ3v) is 4.04. The Morgan fingerprint density at radius 2 is 1.71 bits per heavy atom. The highest BCUT2D eigenvalue weighted by Gasteiger charge is 2.19. The van der Waals surface area contributed by atoms with Gasteiger partial charge in [-0.05, 0) is 31.1 Å². The van der Waals surface area contributed by atoms with E-state index in [9.17, 15) is 4.79 Å². The van der Waals surface area contributed by atoms with Crippen LogP contribution in [0, 0.1) is 17.8 Å². The maximum atomic E-state index is 11.4. The van der Waals surface area contributed by atoms with Gasteiger partial charge in [-0.25, -0.2) is 0 Å². The zero-order valence-corrected chi connectivity index (χ0v) is 12.6. The molecule has 0 aromatic carbocycles. The summed E-state index contributed by atoms with van der Waals surface area (Å²) in [6, 6.07) is 0. The molecule has 17 heavy (non-hydrogen) atoms. The fraction of sp³-hybridized carbons (Fsp3) is 0.933. The van der Waals surface area contributed by atoms with Crippen LogP contribution in [-0.2, 0) is 4.79 Å². The van der Waals surface area contributed by atoms with Gasteiger partial charge in [-0.15, -0.1) is 0 Å². The molecule has 102 valence electrons. The average molecular weight is 241 g/mol. The third kappa shape index (κ3) is 6.09. The van der Waals surface area contributed by atoms with Crippen molar-refractivity contribution < 1.29 is 4.79 Å². The van der Waals surface area contributed by atoms with Crippen LogP contribution in [0.5, 0.6) is 0 Å². The summed E-state index contributed by atoms with van der Waals surface area (Å²) in [5.41, 5.74) is 0. The van der Waals surface area contributed by atoms with Gasteiger partial charge < -0.3 is 4.90 Å². The highest BCUT2D eigenvalue weighted by Crippen LogP contribution is 2.26. The topological polar surface area (TPSA) is 20.3 Å². The lowest BCUT2D eigenvalue weighted by Crippen LogP contribution is -2.33. The van der Waals surface area contributed by atoms with Gasteiger partial charge >= 0.3 is 0 Å². The summed E-state index contributed by atoms with van der Waals surface area (Å²) in [4.78, 5) is 13.3. The Morgan fingerprint density at radius 3 is 2.06 bits per heavy atom. The normalized spacial score (nSPS) is 16.4. The maximum Gasteiger partial charge on any atom is 0.219 e. The second kappa shape index (κ2) is 8.54. The van der Waals surface area contributed by atoms with Crippen LogP contribution in [-0.4, -0.2) is 23.9 Å². The summed E-state index contributed by atoms with van der Waals surface area (Å²) in [5.74, 6) is 2.42. The van der Waals surface area contributed by atoms with E-state index in [1.54, 1.807) is 6.92 Å². The van der Waals surface area contributed by atoms with Crippen molar-refractivity contribution in [2.24, 2.45) is 17.8 Å². The second-order valence-corrected chi connectivity index (χ2v) is 5.45. The zero-order valence-electron chi connectivity index (χ0n) is 12.6. The number of rotatable bonds is 8. The van der Waals surface area contributed by atoms with Crippen LogP contribution in [0.25, 0.3) is 0 Å².